The molecule has 1 saturated carbocycles. The molecule has 5 atom stereocenters. The summed E-state index contributed by atoms with van der Waals surface area (Å²) in [6.45, 7) is 5.68. The standard InChI is InChI=1S/C34H43ClN2O6/c1-22-7-6-9-29(38)27-14-15-33(27,2)21-37-16-5-4-8-23-17-26(35)12-10-24(23)20-43-30-13-11-25(18-28(30)37)34(42,32(40)41)19-31(39)36(22)3/h6,9-13,17-18,22,27,29,38,42H,4-5,7-8,14-16,19-21H2,1-3H3,(H,40,41)/b9-6+/t22-,27-,29-,33?,34-/m0/s1. The first-order valence-corrected chi connectivity index (χ1v) is 15.6. The third kappa shape index (κ3) is 6.42. The summed E-state index contributed by atoms with van der Waals surface area (Å²) in [5.74, 6) is -1.34. The van der Waals surface area contributed by atoms with Gasteiger partial charge in [0, 0.05) is 31.2 Å². The van der Waals surface area contributed by atoms with Crippen LogP contribution in [-0.4, -0.2) is 64.4 Å². The number of hydrogen-bond donors (Lipinski definition) is 3. The Kier molecular flexibility index (Phi) is 9.12. The number of aryl methyl sites for hydroxylation is 1. The van der Waals surface area contributed by atoms with Crippen LogP contribution in [0.5, 0.6) is 5.75 Å². The van der Waals surface area contributed by atoms with Crippen molar-refractivity contribution in [2.75, 3.05) is 25.0 Å². The van der Waals surface area contributed by atoms with Crippen LogP contribution in [0.3, 0.4) is 0 Å². The molecule has 0 radical (unpaired) electrons. The number of hydrogen-bond acceptors (Lipinski definition) is 6. The number of halogens is 1. The number of aliphatic hydroxyl groups is 2. The molecule has 8 nitrogen and oxygen atoms in total. The predicted molar refractivity (Wildman–Crippen MR) is 166 cm³/mol. The summed E-state index contributed by atoms with van der Waals surface area (Å²) in [6.07, 6.45) is 7.51. The SMILES string of the molecule is C[C@H]1C/C=C/[C@H](O)[C@@H]2CCC2(C)CN2CCCCc3cc(Cl)ccc3COc3ccc(cc32)[C@](O)(C(=O)O)CC(=O)N1C. The number of carbonyl (C=O) groups is 2. The van der Waals surface area contributed by atoms with E-state index in [0.717, 1.165) is 43.2 Å². The van der Waals surface area contributed by atoms with Crippen LogP contribution in [0.25, 0.3) is 0 Å². The number of aliphatic hydroxyl groups excluding tert-OH is 1. The molecule has 2 aromatic rings. The number of fused-ring (bicyclic) bond motifs is 3. The first-order chi connectivity index (χ1) is 20.4. The zero-order chi connectivity index (χ0) is 30.9. The number of carboxylic acids is 1. The van der Waals surface area contributed by atoms with Crippen molar-refractivity contribution in [1.82, 2.24) is 4.90 Å². The molecule has 0 aromatic heterocycles. The van der Waals surface area contributed by atoms with Crippen molar-refractivity contribution in [3.63, 3.8) is 0 Å². The summed E-state index contributed by atoms with van der Waals surface area (Å²) < 4.78 is 6.42. The van der Waals surface area contributed by atoms with E-state index < -0.39 is 30.0 Å². The lowest BCUT2D eigenvalue weighted by Crippen LogP contribution is -2.51. The van der Waals surface area contributed by atoms with E-state index in [-0.39, 0.29) is 22.9 Å². The maximum absolute atomic E-state index is 13.3. The fourth-order valence-corrected chi connectivity index (χ4v) is 6.98. The third-order valence-corrected chi connectivity index (χ3v) is 10.2. The molecule has 9 heteroatoms. The molecule has 0 saturated heterocycles. The number of ether oxygens (including phenoxy) is 1. The Morgan fingerprint density at radius 1 is 1.14 bits per heavy atom. The lowest BCUT2D eigenvalue weighted by molar-refractivity contribution is -0.165. The molecule has 5 rings (SSSR count). The minimum Gasteiger partial charge on any atom is -0.487 e. The molecule has 1 fully saturated rings. The van der Waals surface area contributed by atoms with E-state index in [2.05, 4.69) is 11.8 Å². The van der Waals surface area contributed by atoms with Crippen molar-refractivity contribution in [2.45, 2.75) is 83.1 Å². The molecule has 3 aliphatic rings. The maximum atomic E-state index is 13.3. The average Bonchev–Trinajstić information content (AvgIpc) is 2.99. The molecule has 1 amide bonds. The molecule has 232 valence electrons. The van der Waals surface area contributed by atoms with Crippen LogP contribution in [0, 0.1) is 11.3 Å². The summed E-state index contributed by atoms with van der Waals surface area (Å²) in [5, 5.41) is 33.8. The molecule has 2 heterocycles. The van der Waals surface area contributed by atoms with Crippen LogP contribution in [0.15, 0.2) is 48.6 Å². The third-order valence-electron chi connectivity index (χ3n) is 9.96. The minimum atomic E-state index is -2.42. The smallest absolute Gasteiger partial charge is 0.340 e. The summed E-state index contributed by atoms with van der Waals surface area (Å²) in [7, 11) is 1.61. The van der Waals surface area contributed by atoms with Gasteiger partial charge in [0.2, 0.25) is 5.91 Å². The van der Waals surface area contributed by atoms with Crippen molar-refractivity contribution in [1.29, 1.82) is 0 Å². The van der Waals surface area contributed by atoms with Crippen molar-refractivity contribution in [2.24, 2.45) is 11.3 Å². The van der Waals surface area contributed by atoms with E-state index in [4.69, 9.17) is 16.3 Å². The fourth-order valence-electron chi connectivity index (χ4n) is 6.79. The van der Waals surface area contributed by atoms with Gasteiger partial charge >= 0.3 is 5.97 Å². The van der Waals surface area contributed by atoms with E-state index in [0.29, 0.717) is 42.6 Å². The Labute approximate surface area is 258 Å². The van der Waals surface area contributed by atoms with E-state index in [1.165, 1.54) is 4.90 Å². The Balaban J connectivity index is 1.62. The van der Waals surface area contributed by atoms with Gasteiger partial charge < -0.3 is 29.9 Å². The number of amides is 1. The molecule has 3 N–H and O–H groups in total. The second-order valence-electron chi connectivity index (χ2n) is 12.9. The molecular formula is C34H43ClN2O6. The van der Waals surface area contributed by atoms with Crippen molar-refractivity contribution < 1.29 is 29.6 Å². The van der Waals surface area contributed by atoms with Gasteiger partial charge in [0.15, 0.2) is 5.60 Å². The molecule has 2 bridgehead atoms. The van der Waals surface area contributed by atoms with Crippen LogP contribution >= 0.6 is 11.6 Å². The lowest BCUT2D eigenvalue weighted by atomic mass is 9.58. The lowest BCUT2D eigenvalue weighted by Gasteiger charge is -2.51. The van der Waals surface area contributed by atoms with Crippen molar-refractivity contribution in [3.05, 3.63) is 70.3 Å². The highest BCUT2D eigenvalue weighted by Gasteiger charge is 2.47. The molecule has 1 unspecified atom stereocenters. The van der Waals surface area contributed by atoms with Crippen molar-refractivity contribution >= 4 is 29.2 Å². The first kappa shape index (κ1) is 31.4. The van der Waals surface area contributed by atoms with Gasteiger partial charge in [-0.25, -0.2) is 4.79 Å². The summed E-state index contributed by atoms with van der Waals surface area (Å²) in [6, 6.07) is 10.5. The molecule has 43 heavy (non-hydrogen) atoms. The van der Waals surface area contributed by atoms with Crippen LogP contribution in [0.2, 0.25) is 5.02 Å². The number of nitrogens with zero attached hydrogens (tertiary/aromatic N) is 2. The van der Waals surface area contributed by atoms with Crippen molar-refractivity contribution in [3.8, 4) is 5.75 Å². The second kappa shape index (κ2) is 12.5. The van der Waals surface area contributed by atoms with E-state index in [9.17, 15) is 24.9 Å². The van der Waals surface area contributed by atoms with Gasteiger partial charge in [-0.15, -0.1) is 0 Å². The molecule has 2 aliphatic heterocycles. The second-order valence-corrected chi connectivity index (χ2v) is 13.3. The van der Waals surface area contributed by atoms with Crippen LogP contribution in [0.1, 0.15) is 69.1 Å². The summed E-state index contributed by atoms with van der Waals surface area (Å²) in [4.78, 5) is 29.6. The number of carbonyl (C=O) groups excluding carboxylic acids is 1. The van der Waals surface area contributed by atoms with Gasteiger partial charge in [0.05, 0.1) is 18.2 Å². The molecule has 2 aromatic carbocycles. The summed E-state index contributed by atoms with van der Waals surface area (Å²) in [5.41, 5.74) is 0.370. The monoisotopic (exact) mass is 610 g/mol. The van der Waals surface area contributed by atoms with Gasteiger partial charge in [-0.1, -0.05) is 42.8 Å². The highest BCUT2D eigenvalue weighted by Crippen LogP contribution is 2.50. The van der Waals surface area contributed by atoms with E-state index >= 15 is 0 Å². The fraction of sp³-hybridized carbons (Fsp3) is 0.529. The Bertz CT molecular complexity index is 1400. The van der Waals surface area contributed by atoms with Crippen LogP contribution < -0.4 is 9.64 Å². The van der Waals surface area contributed by atoms with E-state index in [1.807, 2.05) is 37.3 Å². The number of rotatable bonds is 1. The Morgan fingerprint density at radius 3 is 2.65 bits per heavy atom. The normalized spacial score (nSPS) is 31.0. The Hall–Kier alpha value is -3.07. The highest BCUT2D eigenvalue weighted by molar-refractivity contribution is 6.30. The van der Waals surface area contributed by atoms with Gasteiger partial charge in [-0.2, -0.15) is 0 Å². The number of carboxylic acid groups (broad SMARTS) is 1. The van der Waals surface area contributed by atoms with E-state index in [1.54, 1.807) is 25.2 Å². The molecular weight excluding hydrogens is 568 g/mol. The summed E-state index contributed by atoms with van der Waals surface area (Å²) >= 11 is 6.32. The zero-order valence-corrected chi connectivity index (χ0v) is 26.0. The number of benzene rings is 2. The quantitative estimate of drug-likeness (QED) is 0.376. The maximum Gasteiger partial charge on any atom is 0.340 e. The largest absolute Gasteiger partial charge is 0.487 e. The zero-order valence-electron chi connectivity index (χ0n) is 25.3. The van der Waals surface area contributed by atoms with Gasteiger partial charge in [0.25, 0.3) is 0 Å². The predicted octanol–water partition coefficient (Wildman–Crippen LogP) is 5.31. The minimum absolute atomic E-state index is 0.0550. The molecule has 1 aliphatic carbocycles. The molecule has 0 spiro atoms. The van der Waals surface area contributed by atoms with Gasteiger partial charge in [0.1, 0.15) is 12.4 Å². The highest BCUT2D eigenvalue weighted by atomic mass is 35.5. The first-order valence-electron chi connectivity index (χ1n) is 15.3. The average molecular weight is 611 g/mol. The number of aliphatic carboxylic acids is 1. The van der Waals surface area contributed by atoms with Crippen LogP contribution in [-0.2, 0) is 28.2 Å². The van der Waals surface area contributed by atoms with Gasteiger partial charge in [-0.05, 0) is 97.7 Å². The topological polar surface area (TPSA) is 111 Å². The number of anilines is 1. The van der Waals surface area contributed by atoms with Gasteiger partial charge in [-0.3, -0.25) is 4.79 Å². The Morgan fingerprint density at radius 2 is 1.93 bits per heavy atom. The van der Waals surface area contributed by atoms with Crippen LogP contribution in [0.4, 0.5) is 5.69 Å².